The minimum atomic E-state index is -0.404. The fourth-order valence-electron chi connectivity index (χ4n) is 2.52. The number of rotatable bonds is 7. The second kappa shape index (κ2) is 9.01. The van der Waals surface area contributed by atoms with Gasteiger partial charge in [0.15, 0.2) is 0 Å². The Balaban J connectivity index is 2.16. The van der Waals surface area contributed by atoms with Crippen molar-refractivity contribution in [3.63, 3.8) is 0 Å². The summed E-state index contributed by atoms with van der Waals surface area (Å²) < 4.78 is 5.55. The van der Waals surface area contributed by atoms with Gasteiger partial charge in [-0.1, -0.05) is 30.3 Å². The third-order valence-electron chi connectivity index (χ3n) is 3.84. The van der Waals surface area contributed by atoms with E-state index in [1.165, 1.54) is 4.90 Å². The topological polar surface area (TPSA) is 84.7 Å². The van der Waals surface area contributed by atoms with Crippen LogP contribution in [0.25, 0.3) is 0 Å². The summed E-state index contributed by atoms with van der Waals surface area (Å²) in [6.07, 6.45) is 0.126. The smallest absolute Gasteiger partial charge is 0.253 e. The molecular formula is C20H25N3O3. The molecule has 0 bridgehead atoms. The quantitative estimate of drug-likeness (QED) is 0.800. The number of hydrogen-bond donors (Lipinski definition) is 2. The van der Waals surface area contributed by atoms with Crippen molar-refractivity contribution >= 4 is 17.5 Å². The number of carbonyl (C=O) groups excluding carboxylic acids is 2. The Bertz CT molecular complexity index is 760. The van der Waals surface area contributed by atoms with E-state index in [1.807, 2.05) is 37.3 Å². The Kier molecular flexibility index (Phi) is 6.74. The lowest BCUT2D eigenvalue weighted by Gasteiger charge is -2.16. The maximum absolute atomic E-state index is 12.4. The van der Waals surface area contributed by atoms with Crippen LogP contribution < -0.4 is 15.8 Å². The highest BCUT2D eigenvalue weighted by Crippen LogP contribution is 2.27. The van der Waals surface area contributed by atoms with Crippen LogP contribution in [0.3, 0.4) is 0 Å². The van der Waals surface area contributed by atoms with Gasteiger partial charge in [0.05, 0.1) is 12.3 Å². The first kappa shape index (κ1) is 19.5. The van der Waals surface area contributed by atoms with Gasteiger partial charge in [0, 0.05) is 32.1 Å². The summed E-state index contributed by atoms with van der Waals surface area (Å²) in [7, 11) is 3.35. The number of anilines is 1. The first-order chi connectivity index (χ1) is 12.4. The van der Waals surface area contributed by atoms with E-state index in [9.17, 15) is 9.59 Å². The van der Waals surface area contributed by atoms with E-state index in [0.29, 0.717) is 23.6 Å². The summed E-state index contributed by atoms with van der Waals surface area (Å²) in [5, 5.41) is 2.82. The van der Waals surface area contributed by atoms with Gasteiger partial charge < -0.3 is 20.7 Å². The van der Waals surface area contributed by atoms with E-state index in [1.54, 1.807) is 32.3 Å². The lowest BCUT2D eigenvalue weighted by atomic mass is 10.0. The minimum Gasteiger partial charge on any atom is -0.492 e. The first-order valence-corrected chi connectivity index (χ1v) is 8.51. The molecule has 0 radical (unpaired) electrons. The fraction of sp³-hybridized carbons (Fsp3) is 0.300. The van der Waals surface area contributed by atoms with Crippen molar-refractivity contribution in [3.05, 3.63) is 59.7 Å². The number of ether oxygens (including phenoxy) is 1. The Morgan fingerprint density at radius 1 is 1.15 bits per heavy atom. The van der Waals surface area contributed by atoms with Gasteiger partial charge in [-0.2, -0.15) is 0 Å². The van der Waals surface area contributed by atoms with E-state index in [-0.39, 0.29) is 18.2 Å². The molecule has 1 unspecified atom stereocenters. The van der Waals surface area contributed by atoms with Gasteiger partial charge in [-0.15, -0.1) is 0 Å². The Labute approximate surface area is 153 Å². The van der Waals surface area contributed by atoms with Gasteiger partial charge in [-0.3, -0.25) is 9.59 Å². The van der Waals surface area contributed by atoms with Crippen LogP contribution in [0.15, 0.2) is 48.5 Å². The number of hydrogen-bond acceptors (Lipinski definition) is 4. The summed E-state index contributed by atoms with van der Waals surface area (Å²) in [4.78, 5) is 26.1. The minimum absolute atomic E-state index is 0.126. The summed E-state index contributed by atoms with van der Waals surface area (Å²) in [5.41, 5.74) is 7.94. The van der Waals surface area contributed by atoms with E-state index < -0.39 is 6.04 Å². The van der Waals surface area contributed by atoms with Crippen LogP contribution in [-0.4, -0.2) is 37.4 Å². The summed E-state index contributed by atoms with van der Waals surface area (Å²) in [6, 6.07) is 14.0. The molecule has 2 rings (SSSR count). The third kappa shape index (κ3) is 5.07. The molecule has 0 fully saturated rings. The van der Waals surface area contributed by atoms with Crippen molar-refractivity contribution in [2.75, 3.05) is 26.0 Å². The zero-order chi connectivity index (χ0) is 19.1. The number of nitrogens with one attached hydrogen (secondary N) is 1. The van der Waals surface area contributed by atoms with Crippen molar-refractivity contribution < 1.29 is 14.3 Å². The maximum atomic E-state index is 12.4. The molecule has 6 nitrogen and oxygen atoms in total. The van der Waals surface area contributed by atoms with Crippen LogP contribution in [0.2, 0.25) is 0 Å². The zero-order valence-electron chi connectivity index (χ0n) is 15.4. The lowest BCUT2D eigenvalue weighted by Crippen LogP contribution is -2.23. The highest BCUT2D eigenvalue weighted by Gasteiger charge is 2.16. The molecule has 0 saturated carbocycles. The molecule has 1 atom stereocenters. The fourth-order valence-corrected chi connectivity index (χ4v) is 2.52. The summed E-state index contributed by atoms with van der Waals surface area (Å²) in [6.45, 7) is 2.31. The molecule has 0 saturated heterocycles. The number of nitrogens with two attached hydrogens (primary N) is 1. The molecule has 0 spiro atoms. The van der Waals surface area contributed by atoms with Gasteiger partial charge in [0.2, 0.25) is 5.91 Å². The first-order valence-electron chi connectivity index (χ1n) is 8.51. The van der Waals surface area contributed by atoms with Gasteiger partial charge >= 0.3 is 0 Å². The second-order valence-electron chi connectivity index (χ2n) is 6.11. The molecule has 6 heteroatoms. The highest BCUT2D eigenvalue weighted by molar-refractivity contribution is 5.98. The van der Waals surface area contributed by atoms with E-state index in [0.717, 1.165) is 5.56 Å². The van der Waals surface area contributed by atoms with Crippen LogP contribution in [-0.2, 0) is 4.79 Å². The predicted molar refractivity (Wildman–Crippen MR) is 102 cm³/mol. The zero-order valence-corrected chi connectivity index (χ0v) is 15.4. The average molecular weight is 355 g/mol. The molecule has 0 heterocycles. The number of amides is 2. The maximum Gasteiger partial charge on any atom is 0.253 e. The van der Waals surface area contributed by atoms with Gasteiger partial charge in [-0.05, 0) is 30.7 Å². The summed E-state index contributed by atoms with van der Waals surface area (Å²) in [5.74, 6) is 0.130. The Morgan fingerprint density at radius 2 is 1.85 bits per heavy atom. The Morgan fingerprint density at radius 3 is 2.46 bits per heavy atom. The molecule has 3 N–H and O–H groups in total. The molecule has 2 aromatic rings. The van der Waals surface area contributed by atoms with Crippen LogP contribution in [0.5, 0.6) is 5.75 Å². The molecule has 26 heavy (non-hydrogen) atoms. The SMILES string of the molecule is CCOc1ccc(C(=O)N(C)C)cc1NC(=O)CC(N)c1ccccc1. The van der Waals surface area contributed by atoms with Gasteiger partial charge in [0.25, 0.3) is 5.91 Å². The van der Waals surface area contributed by atoms with Crippen LogP contribution in [0, 0.1) is 0 Å². The molecule has 0 aliphatic rings. The van der Waals surface area contributed by atoms with Crippen LogP contribution in [0.1, 0.15) is 35.3 Å². The molecule has 138 valence electrons. The van der Waals surface area contributed by atoms with Gasteiger partial charge in [0.1, 0.15) is 5.75 Å². The van der Waals surface area contributed by atoms with Crippen molar-refractivity contribution in [2.45, 2.75) is 19.4 Å². The predicted octanol–water partition coefficient (Wildman–Crippen LogP) is 2.82. The van der Waals surface area contributed by atoms with Crippen molar-refractivity contribution in [1.29, 1.82) is 0 Å². The van der Waals surface area contributed by atoms with E-state index in [2.05, 4.69) is 5.32 Å². The Hall–Kier alpha value is -2.86. The van der Waals surface area contributed by atoms with Gasteiger partial charge in [-0.25, -0.2) is 0 Å². The highest BCUT2D eigenvalue weighted by atomic mass is 16.5. The molecule has 0 aliphatic heterocycles. The average Bonchev–Trinajstić information content (AvgIpc) is 2.63. The largest absolute Gasteiger partial charge is 0.492 e. The number of nitrogens with zero attached hydrogens (tertiary/aromatic N) is 1. The van der Waals surface area contributed by atoms with Crippen LogP contribution >= 0.6 is 0 Å². The monoisotopic (exact) mass is 355 g/mol. The lowest BCUT2D eigenvalue weighted by molar-refractivity contribution is -0.116. The molecule has 0 aliphatic carbocycles. The normalized spacial score (nSPS) is 11.5. The van der Waals surface area contributed by atoms with Crippen molar-refractivity contribution in [3.8, 4) is 5.75 Å². The molecule has 0 aromatic heterocycles. The van der Waals surface area contributed by atoms with E-state index in [4.69, 9.17) is 10.5 Å². The van der Waals surface area contributed by atoms with Crippen molar-refractivity contribution in [2.24, 2.45) is 5.73 Å². The molecule has 2 aromatic carbocycles. The summed E-state index contributed by atoms with van der Waals surface area (Å²) >= 11 is 0. The molecular weight excluding hydrogens is 330 g/mol. The number of benzene rings is 2. The number of carbonyl (C=O) groups is 2. The van der Waals surface area contributed by atoms with E-state index >= 15 is 0 Å². The second-order valence-corrected chi connectivity index (χ2v) is 6.11. The molecule has 2 amide bonds. The standard InChI is InChI=1S/C20H25N3O3/c1-4-26-18-11-10-15(20(25)23(2)3)12-17(18)22-19(24)13-16(21)14-8-6-5-7-9-14/h5-12,16H,4,13,21H2,1-3H3,(H,22,24). The third-order valence-corrected chi connectivity index (χ3v) is 3.84. The van der Waals surface area contributed by atoms with Crippen LogP contribution in [0.4, 0.5) is 5.69 Å². The van der Waals surface area contributed by atoms with Crippen molar-refractivity contribution in [1.82, 2.24) is 4.90 Å².